The zero-order valence-corrected chi connectivity index (χ0v) is 20.1. The van der Waals surface area contributed by atoms with Gasteiger partial charge in [0.1, 0.15) is 18.2 Å². The number of fused-ring (bicyclic) bond motifs is 1. The SMILES string of the molecule is Cn1c(COc2ccc(CN3C(=O)CSC3=O)cc2)nc2ccccc2c1=O.[K]. The topological polar surface area (TPSA) is 81.5 Å². The fourth-order valence-corrected chi connectivity index (χ4v) is 3.67. The first-order valence-electron chi connectivity index (χ1n) is 8.66. The summed E-state index contributed by atoms with van der Waals surface area (Å²) in [5.41, 5.74) is 1.36. The molecule has 1 fully saturated rings. The summed E-state index contributed by atoms with van der Waals surface area (Å²) in [4.78, 5) is 41.6. The van der Waals surface area contributed by atoms with E-state index in [9.17, 15) is 14.4 Å². The quantitative estimate of drug-likeness (QED) is 0.574. The Balaban J connectivity index is 0.00000240. The molecule has 7 nitrogen and oxygen atoms in total. The van der Waals surface area contributed by atoms with Crippen molar-refractivity contribution in [3.05, 3.63) is 70.3 Å². The zero-order valence-electron chi connectivity index (χ0n) is 16.1. The number of para-hydroxylation sites is 1. The Morgan fingerprint density at radius 3 is 2.48 bits per heavy atom. The second-order valence-electron chi connectivity index (χ2n) is 6.38. The number of hydrogen-bond acceptors (Lipinski definition) is 6. The van der Waals surface area contributed by atoms with Gasteiger partial charge in [-0.15, -0.1) is 0 Å². The predicted octanol–water partition coefficient (Wildman–Crippen LogP) is 2.33. The van der Waals surface area contributed by atoms with Gasteiger partial charge in [-0.1, -0.05) is 36.0 Å². The van der Waals surface area contributed by atoms with Gasteiger partial charge in [0, 0.05) is 58.4 Å². The molecule has 0 saturated carbocycles. The molecule has 1 saturated heterocycles. The number of benzene rings is 2. The molecule has 0 N–H and O–H groups in total. The molecule has 0 bridgehead atoms. The number of rotatable bonds is 5. The van der Waals surface area contributed by atoms with Crippen molar-refractivity contribution in [1.82, 2.24) is 14.5 Å². The Labute approximate surface area is 213 Å². The number of nitrogens with zero attached hydrogens (tertiary/aromatic N) is 3. The monoisotopic (exact) mass is 434 g/mol. The second-order valence-corrected chi connectivity index (χ2v) is 7.30. The van der Waals surface area contributed by atoms with Crippen molar-refractivity contribution >= 4 is 85.2 Å². The van der Waals surface area contributed by atoms with Crippen molar-refractivity contribution in [3.8, 4) is 5.75 Å². The van der Waals surface area contributed by atoms with Crippen LogP contribution >= 0.6 is 11.8 Å². The summed E-state index contributed by atoms with van der Waals surface area (Å²) in [6, 6.07) is 14.4. The summed E-state index contributed by atoms with van der Waals surface area (Å²) in [7, 11) is 1.67. The van der Waals surface area contributed by atoms with Gasteiger partial charge in [-0.05, 0) is 29.8 Å². The molecule has 4 rings (SSSR count). The minimum atomic E-state index is -0.214. The van der Waals surface area contributed by atoms with Crippen LogP contribution in [0.2, 0.25) is 0 Å². The first-order chi connectivity index (χ1) is 13.5. The molecule has 1 aliphatic heterocycles. The van der Waals surface area contributed by atoms with Crippen molar-refractivity contribution in [2.75, 3.05) is 5.75 Å². The summed E-state index contributed by atoms with van der Waals surface area (Å²) >= 11 is 1.02. The van der Waals surface area contributed by atoms with Crippen LogP contribution in [-0.2, 0) is 25.0 Å². The van der Waals surface area contributed by atoms with E-state index in [1.54, 1.807) is 31.3 Å². The molecule has 0 aliphatic carbocycles. The molecule has 2 amide bonds. The van der Waals surface area contributed by atoms with Gasteiger partial charge in [-0.3, -0.25) is 23.9 Å². The molecule has 3 aromatic rings. The Kier molecular flexibility index (Phi) is 7.31. The van der Waals surface area contributed by atoms with Gasteiger partial charge < -0.3 is 4.74 Å². The molecule has 0 unspecified atom stereocenters. The van der Waals surface area contributed by atoms with Crippen LogP contribution in [0.25, 0.3) is 10.9 Å². The van der Waals surface area contributed by atoms with Crippen LogP contribution in [0.3, 0.4) is 0 Å². The predicted molar refractivity (Wildman–Crippen MR) is 112 cm³/mol. The van der Waals surface area contributed by atoms with E-state index in [1.165, 1.54) is 9.47 Å². The first-order valence-corrected chi connectivity index (χ1v) is 9.65. The fraction of sp³-hybridized carbons (Fsp3) is 0.200. The average molecular weight is 435 g/mol. The third-order valence-corrected chi connectivity index (χ3v) is 5.41. The number of hydrogen-bond donors (Lipinski definition) is 0. The average Bonchev–Trinajstić information content (AvgIpc) is 3.03. The standard InChI is InChI=1S/C20H17N3O4S.K/c1-22-17(21-16-5-3-2-4-15(16)19(22)25)11-27-14-8-6-13(7-9-14)10-23-18(24)12-28-20(23)26;/h2-9H,10-12H2,1H3;. The molecular formula is C20H17KN3O4S. The molecule has 2 heterocycles. The number of ether oxygens (including phenoxy) is 1. The van der Waals surface area contributed by atoms with Crippen LogP contribution in [0.1, 0.15) is 11.4 Å². The minimum Gasteiger partial charge on any atom is -0.486 e. The van der Waals surface area contributed by atoms with Crippen LogP contribution in [0.5, 0.6) is 5.75 Å². The molecule has 29 heavy (non-hydrogen) atoms. The molecule has 1 radical (unpaired) electrons. The fourth-order valence-electron chi connectivity index (χ4n) is 2.95. The first kappa shape index (κ1) is 22.2. The molecular weight excluding hydrogens is 417 g/mol. The van der Waals surface area contributed by atoms with Crippen LogP contribution in [-0.4, -0.2) is 82.7 Å². The van der Waals surface area contributed by atoms with Gasteiger partial charge in [0.2, 0.25) is 5.91 Å². The van der Waals surface area contributed by atoms with E-state index >= 15 is 0 Å². The normalized spacial score (nSPS) is 13.6. The summed E-state index contributed by atoms with van der Waals surface area (Å²) in [6.45, 7) is 0.404. The molecule has 2 aromatic carbocycles. The summed E-state index contributed by atoms with van der Waals surface area (Å²) in [5, 5.41) is 0.357. The van der Waals surface area contributed by atoms with Gasteiger partial charge in [-0.25, -0.2) is 4.98 Å². The number of thioether (sulfide) groups is 1. The Bertz CT molecular complexity index is 1110. The number of amides is 2. The largest absolute Gasteiger partial charge is 0.486 e. The van der Waals surface area contributed by atoms with Gasteiger partial charge in [0.25, 0.3) is 10.8 Å². The van der Waals surface area contributed by atoms with Crippen LogP contribution in [0.15, 0.2) is 53.3 Å². The summed E-state index contributed by atoms with van der Waals surface area (Å²) in [5.74, 6) is 1.17. The maximum Gasteiger partial charge on any atom is 0.289 e. The van der Waals surface area contributed by atoms with E-state index in [2.05, 4.69) is 4.98 Å². The maximum absolute atomic E-state index is 12.4. The van der Waals surface area contributed by atoms with E-state index in [1.807, 2.05) is 24.3 Å². The molecule has 0 atom stereocenters. The Hall–Kier alpha value is -1.49. The number of carbonyl (C=O) groups excluding carboxylic acids is 2. The number of aromatic nitrogens is 2. The number of carbonyl (C=O) groups is 2. The number of imide groups is 1. The smallest absolute Gasteiger partial charge is 0.289 e. The van der Waals surface area contributed by atoms with E-state index in [0.29, 0.717) is 22.5 Å². The minimum absolute atomic E-state index is 0. The molecule has 9 heteroatoms. The summed E-state index contributed by atoms with van der Waals surface area (Å²) in [6.07, 6.45) is 0. The van der Waals surface area contributed by atoms with Gasteiger partial charge in [0.15, 0.2) is 0 Å². The van der Waals surface area contributed by atoms with E-state index < -0.39 is 0 Å². The third-order valence-electron chi connectivity index (χ3n) is 4.55. The maximum atomic E-state index is 12.4. The molecule has 143 valence electrons. The third kappa shape index (κ3) is 4.81. The Morgan fingerprint density at radius 1 is 1.07 bits per heavy atom. The van der Waals surface area contributed by atoms with Gasteiger partial charge in [-0.2, -0.15) is 0 Å². The molecule has 1 aliphatic rings. The molecule has 1 aromatic heterocycles. The zero-order chi connectivity index (χ0) is 19.7. The summed E-state index contributed by atoms with van der Waals surface area (Å²) < 4.78 is 7.26. The second kappa shape index (κ2) is 9.54. The van der Waals surface area contributed by atoms with E-state index in [4.69, 9.17) is 4.74 Å². The van der Waals surface area contributed by atoms with Crippen molar-refractivity contribution in [2.24, 2.45) is 7.05 Å². The van der Waals surface area contributed by atoms with Crippen molar-refractivity contribution in [3.63, 3.8) is 0 Å². The van der Waals surface area contributed by atoms with E-state index in [0.717, 1.165) is 17.3 Å². The van der Waals surface area contributed by atoms with Crippen molar-refractivity contribution in [2.45, 2.75) is 13.2 Å². The van der Waals surface area contributed by atoms with Crippen LogP contribution < -0.4 is 10.3 Å². The van der Waals surface area contributed by atoms with E-state index in [-0.39, 0.29) is 87.0 Å². The van der Waals surface area contributed by atoms with Crippen molar-refractivity contribution < 1.29 is 14.3 Å². The van der Waals surface area contributed by atoms with Crippen molar-refractivity contribution in [1.29, 1.82) is 0 Å². The Morgan fingerprint density at radius 2 is 1.79 bits per heavy atom. The van der Waals surface area contributed by atoms with Crippen LogP contribution in [0.4, 0.5) is 4.79 Å². The van der Waals surface area contributed by atoms with Crippen LogP contribution in [0, 0.1) is 0 Å². The van der Waals surface area contributed by atoms with Gasteiger partial charge in [0.05, 0.1) is 23.2 Å². The van der Waals surface area contributed by atoms with Gasteiger partial charge >= 0.3 is 0 Å². The molecule has 0 spiro atoms.